The highest BCUT2D eigenvalue weighted by molar-refractivity contribution is 5.57. The van der Waals surface area contributed by atoms with Gasteiger partial charge in [0.15, 0.2) is 5.76 Å². The normalized spacial score (nSPS) is 14.8. The molecule has 2 aromatic carbocycles. The fraction of sp³-hybridized carbons (Fsp3) is 0.286. The van der Waals surface area contributed by atoms with Gasteiger partial charge in [0.2, 0.25) is 0 Å². The Balaban J connectivity index is 1.37. The average Bonchev–Trinajstić information content (AvgIpc) is 3.33. The Bertz CT molecular complexity index is 921. The van der Waals surface area contributed by atoms with E-state index in [0.717, 1.165) is 36.3 Å². The summed E-state index contributed by atoms with van der Waals surface area (Å²) in [6.45, 7) is 2.05. The number of hydrogen-bond acceptors (Lipinski definition) is 4. The van der Waals surface area contributed by atoms with Crippen molar-refractivity contribution >= 4 is 0 Å². The zero-order valence-electron chi connectivity index (χ0n) is 14.6. The van der Waals surface area contributed by atoms with Crippen molar-refractivity contribution < 1.29 is 14.0 Å². The molecule has 1 saturated carbocycles. The molecular weight excluding hydrogens is 330 g/mol. The summed E-state index contributed by atoms with van der Waals surface area (Å²) in [5.74, 6) is 2.24. The largest absolute Gasteiger partial charge is 0.490 e. The van der Waals surface area contributed by atoms with E-state index in [1.807, 2.05) is 43.3 Å². The van der Waals surface area contributed by atoms with Crippen molar-refractivity contribution in [3.05, 3.63) is 70.5 Å². The summed E-state index contributed by atoms with van der Waals surface area (Å²) < 4.78 is 17.0. The smallest absolute Gasteiger partial charge is 0.280 e. The molecule has 1 fully saturated rings. The lowest BCUT2D eigenvalue weighted by atomic mass is 10.1. The first-order valence-electron chi connectivity index (χ1n) is 8.87. The Morgan fingerprint density at radius 1 is 1.12 bits per heavy atom. The molecule has 0 unspecified atom stereocenters. The zero-order valence-corrected chi connectivity index (χ0v) is 14.6. The third kappa shape index (κ3) is 4.17. The molecule has 4 rings (SSSR count). The molecule has 0 radical (unpaired) electrons. The Morgan fingerprint density at radius 2 is 1.92 bits per heavy atom. The van der Waals surface area contributed by atoms with Crippen molar-refractivity contribution in [2.24, 2.45) is 0 Å². The monoisotopic (exact) mass is 351 g/mol. The van der Waals surface area contributed by atoms with Gasteiger partial charge in [0.1, 0.15) is 11.5 Å². The summed E-state index contributed by atoms with van der Waals surface area (Å²) in [5, 5.41) is 2.29. The highest BCUT2D eigenvalue weighted by Gasteiger charge is 2.23. The first kappa shape index (κ1) is 16.5. The maximum atomic E-state index is 11.2. The van der Waals surface area contributed by atoms with Gasteiger partial charge < -0.3 is 14.0 Å². The first-order chi connectivity index (χ1) is 12.7. The second kappa shape index (κ2) is 7.12. The van der Waals surface area contributed by atoms with Crippen LogP contribution in [0.1, 0.15) is 25.3 Å². The Morgan fingerprint density at radius 3 is 2.62 bits per heavy atom. The molecule has 5 heteroatoms. The minimum absolute atomic E-state index is 0.0298. The molecule has 0 aliphatic heterocycles. The summed E-state index contributed by atoms with van der Waals surface area (Å²) in [4.78, 5) is 11.2. The predicted octanol–water partition coefficient (Wildman–Crippen LogP) is 4.19. The maximum Gasteiger partial charge on any atom is 0.280 e. The van der Waals surface area contributed by atoms with Gasteiger partial charge in [0, 0.05) is 12.0 Å². The predicted molar refractivity (Wildman–Crippen MR) is 98.7 cm³/mol. The van der Waals surface area contributed by atoms with Crippen LogP contribution >= 0.6 is 0 Å². The second-order valence-electron chi connectivity index (χ2n) is 6.70. The molecule has 1 N–H and O–H groups in total. The summed E-state index contributed by atoms with van der Waals surface area (Å²) in [5.41, 5.74) is 1.77. The number of nitrogens with one attached hydrogen (secondary N) is 1. The van der Waals surface area contributed by atoms with Crippen LogP contribution in [0.4, 0.5) is 0 Å². The lowest BCUT2D eigenvalue weighted by Gasteiger charge is -2.15. The van der Waals surface area contributed by atoms with Crippen LogP contribution in [-0.4, -0.2) is 17.4 Å². The number of benzene rings is 2. The van der Waals surface area contributed by atoms with Crippen LogP contribution < -0.4 is 15.0 Å². The van der Waals surface area contributed by atoms with E-state index in [2.05, 4.69) is 17.3 Å². The quantitative estimate of drug-likeness (QED) is 0.693. The van der Waals surface area contributed by atoms with Crippen molar-refractivity contribution in [3.8, 4) is 22.8 Å². The molecule has 26 heavy (non-hydrogen) atoms. The van der Waals surface area contributed by atoms with Gasteiger partial charge in [-0.2, -0.15) is 5.16 Å². The molecule has 1 atom stereocenters. The molecule has 0 bridgehead atoms. The Kier molecular flexibility index (Phi) is 4.52. The molecular formula is C21H21NO4. The molecule has 5 nitrogen and oxygen atoms in total. The van der Waals surface area contributed by atoms with Crippen LogP contribution in [0.2, 0.25) is 0 Å². The Labute approximate surface area is 151 Å². The van der Waals surface area contributed by atoms with E-state index in [0.29, 0.717) is 11.9 Å². The lowest BCUT2D eigenvalue weighted by Crippen LogP contribution is -2.15. The van der Waals surface area contributed by atoms with Crippen LogP contribution in [-0.2, 0) is 6.42 Å². The minimum Gasteiger partial charge on any atom is -0.490 e. The van der Waals surface area contributed by atoms with Crippen molar-refractivity contribution in [3.63, 3.8) is 0 Å². The molecule has 0 spiro atoms. The molecule has 3 aromatic rings. The van der Waals surface area contributed by atoms with E-state index in [-0.39, 0.29) is 11.7 Å². The molecule has 0 saturated heterocycles. The number of aromatic nitrogens is 1. The van der Waals surface area contributed by atoms with E-state index in [4.69, 9.17) is 14.0 Å². The van der Waals surface area contributed by atoms with Gasteiger partial charge in [-0.15, -0.1) is 0 Å². The maximum absolute atomic E-state index is 11.2. The topological polar surface area (TPSA) is 64.5 Å². The van der Waals surface area contributed by atoms with Crippen molar-refractivity contribution in [1.29, 1.82) is 0 Å². The molecule has 1 aliphatic rings. The van der Waals surface area contributed by atoms with Crippen LogP contribution in [0.5, 0.6) is 11.5 Å². The molecule has 1 aromatic heterocycles. The molecule has 1 aliphatic carbocycles. The van der Waals surface area contributed by atoms with Crippen LogP contribution in [0.15, 0.2) is 63.9 Å². The summed E-state index contributed by atoms with van der Waals surface area (Å²) >= 11 is 0. The third-order valence-corrected chi connectivity index (χ3v) is 4.25. The zero-order chi connectivity index (χ0) is 17.9. The van der Waals surface area contributed by atoms with E-state index in [1.165, 1.54) is 11.6 Å². The first-order valence-corrected chi connectivity index (χ1v) is 8.87. The van der Waals surface area contributed by atoms with Gasteiger partial charge in [0.25, 0.3) is 5.56 Å². The SMILES string of the molecule is C[C@H](Cc1cccc(OC2CC2)c1)Oc1ccc(-c2cc(=O)[nH]o2)cc1. The second-order valence-corrected chi connectivity index (χ2v) is 6.70. The number of rotatable bonds is 7. The van der Waals surface area contributed by atoms with Gasteiger partial charge in [-0.05, 0) is 61.7 Å². The standard InChI is InChI=1S/C21H21NO4/c1-14(11-15-3-2-4-19(12-15)25-18-9-10-18)24-17-7-5-16(6-8-17)20-13-21(23)22-26-20/h2-8,12-14,18H,9-11H2,1H3,(H,22,23)/t14-/m1/s1. The molecule has 1 heterocycles. The van der Waals surface area contributed by atoms with Gasteiger partial charge in [-0.1, -0.05) is 12.1 Å². The number of hydrogen-bond donors (Lipinski definition) is 1. The highest BCUT2D eigenvalue weighted by Crippen LogP contribution is 2.27. The Hall–Kier alpha value is -2.95. The van der Waals surface area contributed by atoms with Gasteiger partial charge >= 0.3 is 0 Å². The third-order valence-electron chi connectivity index (χ3n) is 4.25. The summed E-state index contributed by atoms with van der Waals surface area (Å²) in [6.07, 6.45) is 3.55. The number of aromatic amines is 1. The fourth-order valence-electron chi connectivity index (χ4n) is 2.85. The van der Waals surface area contributed by atoms with Crippen LogP contribution in [0, 0.1) is 0 Å². The van der Waals surface area contributed by atoms with Crippen LogP contribution in [0.25, 0.3) is 11.3 Å². The number of ether oxygens (including phenoxy) is 2. The van der Waals surface area contributed by atoms with E-state index >= 15 is 0 Å². The van der Waals surface area contributed by atoms with E-state index in [9.17, 15) is 4.79 Å². The van der Waals surface area contributed by atoms with Crippen LogP contribution in [0.3, 0.4) is 0 Å². The summed E-state index contributed by atoms with van der Waals surface area (Å²) in [6, 6.07) is 17.2. The number of H-pyrrole nitrogens is 1. The van der Waals surface area contributed by atoms with Gasteiger partial charge in [0.05, 0.1) is 18.3 Å². The van der Waals surface area contributed by atoms with Crippen molar-refractivity contribution in [1.82, 2.24) is 5.16 Å². The average molecular weight is 351 g/mol. The van der Waals surface area contributed by atoms with Gasteiger partial charge in [-0.3, -0.25) is 4.79 Å². The van der Waals surface area contributed by atoms with E-state index < -0.39 is 0 Å². The lowest BCUT2D eigenvalue weighted by molar-refractivity contribution is 0.222. The minimum atomic E-state index is -0.248. The molecule has 134 valence electrons. The fourth-order valence-corrected chi connectivity index (χ4v) is 2.85. The molecule has 0 amide bonds. The van der Waals surface area contributed by atoms with E-state index in [1.54, 1.807) is 0 Å². The summed E-state index contributed by atoms with van der Waals surface area (Å²) in [7, 11) is 0. The van der Waals surface area contributed by atoms with Crippen molar-refractivity contribution in [2.45, 2.75) is 38.4 Å². The highest BCUT2D eigenvalue weighted by atomic mass is 16.5. The van der Waals surface area contributed by atoms with Gasteiger partial charge in [-0.25, -0.2) is 0 Å². The van der Waals surface area contributed by atoms with Crippen molar-refractivity contribution in [2.75, 3.05) is 0 Å².